The topological polar surface area (TPSA) is 89.6 Å². The molecule has 0 aliphatic carbocycles. The van der Waals surface area contributed by atoms with Crippen LogP contribution in [-0.4, -0.2) is 35.2 Å². The first-order valence-electron chi connectivity index (χ1n) is 8.30. The van der Waals surface area contributed by atoms with Gasteiger partial charge in [0.15, 0.2) is 0 Å². The summed E-state index contributed by atoms with van der Waals surface area (Å²) in [6.07, 6.45) is 1.04. The van der Waals surface area contributed by atoms with Crippen LogP contribution in [0.25, 0.3) is 11.3 Å². The number of carbonyl (C=O) groups excluding carboxylic acids is 2. The molecule has 1 unspecified atom stereocenters. The third-order valence-corrected chi connectivity index (χ3v) is 3.61. The van der Waals surface area contributed by atoms with Crippen LogP contribution in [0, 0.1) is 0 Å². The van der Waals surface area contributed by atoms with Gasteiger partial charge in [0.1, 0.15) is 24.0 Å². The lowest BCUT2D eigenvalue weighted by atomic mass is 10.1. The Morgan fingerprint density at radius 3 is 2.81 bits per heavy atom. The summed E-state index contributed by atoms with van der Waals surface area (Å²) in [4.78, 5) is 28.7. The maximum Gasteiger partial charge on any atom is 0.408 e. The van der Waals surface area contributed by atoms with Crippen LogP contribution in [0.1, 0.15) is 20.8 Å². The number of hydrogen-bond acceptors (Lipinski definition) is 5. The number of fused-ring (bicyclic) bond motifs is 1. The lowest BCUT2D eigenvalue weighted by Gasteiger charge is -2.22. The summed E-state index contributed by atoms with van der Waals surface area (Å²) in [6, 6.07) is 10.2. The second-order valence-electron chi connectivity index (χ2n) is 6.92. The van der Waals surface area contributed by atoms with E-state index in [-0.39, 0.29) is 12.5 Å². The van der Waals surface area contributed by atoms with Crippen molar-refractivity contribution in [2.24, 2.45) is 0 Å². The lowest BCUT2D eigenvalue weighted by Crippen LogP contribution is -2.48. The van der Waals surface area contributed by atoms with Crippen LogP contribution in [0.2, 0.25) is 0 Å². The number of anilines is 1. The van der Waals surface area contributed by atoms with Gasteiger partial charge in [-0.15, -0.1) is 0 Å². The van der Waals surface area contributed by atoms with Gasteiger partial charge in [0.05, 0.1) is 11.4 Å². The van der Waals surface area contributed by atoms with Crippen molar-refractivity contribution in [1.82, 2.24) is 10.3 Å². The highest BCUT2D eigenvalue weighted by atomic mass is 16.6. The summed E-state index contributed by atoms with van der Waals surface area (Å²) in [5, 5.41) is 5.32. The molecule has 0 bridgehead atoms. The Balaban J connectivity index is 1.75. The van der Waals surface area contributed by atoms with Gasteiger partial charge in [0.25, 0.3) is 5.91 Å². The fourth-order valence-corrected chi connectivity index (χ4v) is 2.47. The van der Waals surface area contributed by atoms with E-state index in [1.165, 1.54) is 0 Å². The van der Waals surface area contributed by atoms with E-state index in [0.717, 1.165) is 11.3 Å². The Hall–Kier alpha value is -3.09. The van der Waals surface area contributed by atoms with Crippen molar-refractivity contribution in [2.75, 3.05) is 11.9 Å². The molecule has 0 saturated carbocycles. The molecule has 7 heteroatoms. The molecule has 0 fully saturated rings. The fraction of sp³-hybridized carbons (Fsp3) is 0.316. The van der Waals surface area contributed by atoms with E-state index in [2.05, 4.69) is 15.6 Å². The molecule has 1 atom stereocenters. The minimum absolute atomic E-state index is 0.0149. The molecule has 2 amide bonds. The highest BCUT2D eigenvalue weighted by Gasteiger charge is 2.28. The third-order valence-electron chi connectivity index (χ3n) is 3.61. The van der Waals surface area contributed by atoms with Gasteiger partial charge >= 0.3 is 6.09 Å². The van der Waals surface area contributed by atoms with Crippen LogP contribution < -0.4 is 15.4 Å². The molecule has 0 saturated heterocycles. The predicted octanol–water partition coefficient (Wildman–Crippen LogP) is 2.97. The smallest absolute Gasteiger partial charge is 0.408 e. The molecule has 2 aromatic rings. The number of hydrogen-bond donors (Lipinski definition) is 2. The number of ether oxygens (including phenoxy) is 2. The molecule has 1 aromatic heterocycles. The maximum absolute atomic E-state index is 12.4. The van der Waals surface area contributed by atoms with Crippen molar-refractivity contribution < 1.29 is 19.1 Å². The molecule has 0 radical (unpaired) electrons. The third kappa shape index (κ3) is 4.30. The molecule has 26 heavy (non-hydrogen) atoms. The number of amides is 2. The van der Waals surface area contributed by atoms with Crippen LogP contribution in [-0.2, 0) is 9.53 Å². The first-order valence-corrected chi connectivity index (χ1v) is 8.30. The summed E-state index contributed by atoms with van der Waals surface area (Å²) in [7, 11) is 0. The second-order valence-corrected chi connectivity index (χ2v) is 6.92. The zero-order chi connectivity index (χ0) is 18.7. The fourth-order valence-electron chi connectivity index (χ4n) is 2.47. The number of aromatic nitrogens is 1. The summed E-state index contributed by atoms with van der Waals surface area (Å²) in [5.41, 5.74) is 1.53. The Kier molecular flexibility index (Phi) is 4.79. The van der Waals surface area contributed by atoms with Gasteiger partial charge in [-0.05, 0) is 51.1 Å². The normalized spacial score (nSPS) is 16.6. The average Bonchev–Trinajstić information content (AvgIpc) is 2.72. The van der Waals surface area contributed by atoms with Crippen LogP contribution in [0.4, 0.5) is 10.5 Å². The molecular weight excluding hydrogens is 334 g/mol. The van der Waals surface area contributed by atoms with Crippen LogP contribution in [0.5, 0.6) is 5.75 Å². The van der Waals surface area contributed by atoms with Crippen molar-refractivity contribution >= 4 is 17.7 Å². The standard InChI is InChI=1S/C19H21N3O4/c1-19(2,3)26-18(24)22-15-11-25-16-8-7-12(10-14(16)21-17(15)23)13-6-4-5-9-20-13/h4-10,15H,11H2,1-3H3,(H,21,23)(H,22,24). The number of nitrogens with one attached hydrogen (secondary N) is 2. The maximum atomic E-state index is 12.4. The molecule has 136 valence electrons. The molecule has 1 aromatic carbocycles. The summed E-state index contributed by atoms with van der Waals surface area (Å²) < 4.78 is 10.9. The van der Waals surface area contributed by atoms with E-state index < -0.39 is 17.7 Å². The van der Waals surface area contributed by atoms with E-state index in [4.69, 9.17) is 9.47 Å². The summed E-state index contributed by atoms with van der Waals surface area (Å²) in [5.74, 6) is 0.166. The predicted molar refractivity (Wildman–Crippen MR) is 97.0 cm³/mol. The van der Waals surface area contributed by atoms with E-state index in [1.807, 2.05) is 24.3 Å². The zero-order valence-electron chi connectivity index (χ0n) is 14.9. The first kappa shape index (κ1) is 17.7. The summed E-state index contributed by atoms with van der Waals surface area (Å²) in [6.45, 7) is 5.28. The number of benzene rings is 1. The van der Waals surface area contributed by atoms with Gasteiger partial charge in [-0.1, -0.05) is 6.07 Å². The van der Waals surface area contributed by atoms with Crippen molar-refractivity contribution in [2.45, 2.75) is 32.4 Å². The van der Waals surface area contributed by atoms with Gasteiger partial charge in [0, 0.05) is 11.8 Å². The number of carbonyl (C=O) groups is 2. The Bertz CT molecular complexity index is 815. The second kappa shape index (κ2) is 7.03. The van der Waals surface area contributed by atoms with Gasteiger partial charge < -0.3 is 20.1 Å². The Morgan fingerprint density at radius 2 is 2.12 bits per heavy atom. The molecule has 3 rings (SSSR count). The summed E-state index contributed by atoms with van der Waals surface area (Å²) >= 11 is 0. The minimum atomic E-state index is -0.851. The molecule has 7 nitrogen and oxygen atoms in total. The minimum Gasteiger partial charge on any atom is -0.489 e. The largest absolute Gasteiger partial charge is 0.489 e. The number of alkyl carbamates (subject to hydrolysis) is 1. The molecule has 2 N–H and O–H groups in total. The van der Waals surface area contributed by atoms with Crippen molar-refractivity contribution in [3.05, 3.63) is 42.6 Å². The van der Waals surface area contributed by atoms with E-state index in [1.54, 1.807) is 39.1 Å². The van der Waals surface area contributed by atoms with E-state index in [0.29, 0.717) is 11.4 Å². The molecule has 2 heterocycles. The number of rotatable bonds is 2. The van der Waals surface area contributed by atoms with E-state index >= 15 is 0 Å². The van der Waals surface area contributed by atoms with Gasteiger partial charge in [-0.2, -0.15) is 0 Å². The van der Waals surface area contributed by atoms with Gasteiger partial charge in [0.2, 0.25) is 0 Å². The van der Waals surface area contributed by atoms with Crippen molar-refractivity contribution in [3.63, 3.8) is 0 Å². The molecular formula is C19H21N3O4. The lowest BCUT2D eigenvalue weighted by molar-refractivity contribution is -0.118. The van der Waals surface area contributed by atoms with Crippen LogP contribution in [0.15, 0.2) is 42.6 Å². The van der Waals surface area contributed by atoms with Crippen molar-refractivity contribution in [3.8, 4) is 17.0 Å². The van der Waals surface area contributed by atoms with Crippen molar-refractivity contribution in [1.29, 1.82) is 0 Å². The average molecular weight is 355 g/mol. The quantitative estimate of drug-likeness (QED) is 0.864. The molecule has 1 aliphatic heterocycles. The van der Waals surface area contributed by atoms with Gasteiger partial charge in [-0.3, -0.25) is 9.78 Å². The van der Waals surface area contributed by atoms with E-state index in [9.17, 15) is 9.59 Å². The highest BCUT2D eigenvalue weighted by Crippen LogP contribution is 2.31. The Morgan fingerprint density at radius 1 is 1.31 bits per heavy atom. The first-order chi connectivity index (χ1) is 12.3. The highest BCUT2D eigenvalue weighted by molar-refractivity contribution is 5.99. The van der Waals surface area contributed by atoms with Crippen LogP contribution in [0.3, 0.4) is 0 Å². The van der Waals surface area contributed by atoms with Crippen LogP contribution >= 0.6 is 0 Å². The molecule has 0 spiro atoms. The number of nitrogens with zero attached hydrogens (tertiary/aromatic N) is 1. The van der Waals surface area contributed by atoms with Gasteiger partial charge in [-0.25, -0.2) is 4.79 Å². The molecule has 1 aliphatic rings. The zero-order valence-corrected chi connectivity index (χ0v) is 14.9. The monoisotopic (exact) mass is 355 g/mol. The Labute approximate surface area is 151 Å². The number of pyridine rings is 1. The SMILES string of the molecule is CC(C)(C)OC(=O)NC1COc2ccc(-c3ccccn3)cc2NC1=O.